The second-order valence-corrected chi connectivity index (χ2v) is 8.30. The van der Waals surface area contributed by atoms with Crippen LogP contribution in [-0.4, -0.2) is 26.2 Å². The van der Waals surface area contributed by atoms with E-state index in [1.165, 1.54) is 39.9 Å². The van der Waals surface area contributed by atoms with Gasteiger partial charge < -0.3 is 9.47 Å². The fraction of sp³-hybridized carbons (Fsp3) is 0.889. The Bertz CT molecular complexity index is 497. The van der Waals surface area contributed by atoms with Crippen LogP contribution in [0.4, 0.5) is 0 Å². The summed E-state index contributed by atoms with van der Waals surface area (Å²) in [6, 6.07) is 0. The molecule has 7 unspecified atom stereocenters. The second kappa shape index (κ2) is 4.27. The molecule has 0 heterocycles. The molecule has 10 atom stereocenters. The van der Waals surface area contributed by atoms with Crippen LogP contribution in [-0.2, 0) is 19.1 Å². The Kier molecular flexibility index (Phi) is 2.60. The number of fused-ring (bicyclic) bond motifs is 12. The zero-order valence-electron chi connectivity index (χ0n) is 13.2. The third-order valence-corrected chi connectivity index (χ3v) is 8.18. The summed E-state index contributed by atoms with van der Waals surface area (Å²) in [7, 11) is 2.88. The number of esters is 2. The minimum atomic E-state index is -0.238. The first-order valence-corrected chi connectivity index (χ1v) is 8.83. The highest BCUT2D eigenvalue weighted by molar-refractivity contribution is 5.85. The van der Waals surface area contributed by atoms with Crippen molar-refractivity contribution in [1.82, 2.24) is 0 Å². The molecule has 0 spiro atoms. The average molecular weight is 304 g/mol. The molecule has 5 fully saturated rings. The van der Waals surface area contributed by atoms with Gasteiger partial charge in [-0.05, 0) is 73.0 Å². The molecule has 4 bridgehead atoms. The lowest BCUT2D eigenvalue weighted by atomic mass is 9.47. The molecule has 0 saturated heterocycles. The van der Waals surface area contributed by atoms with Gasteiger partial charge in [-0.1, -0.05) is 0 Å². The molecule has 0 amide bonds. The molecule has 5 rings (SSSR count). The van der Waals surface area contributed by atoms with E-state index < -0.39 is 0 Å². The van der Waals surface area contributed by atoms with Crippen molar-refractivity contribution in [3.8, 4) is 0 Å². The Hall–Kier alpha value is -1.06. The van der Waals surface area contributed by atoms with Gasteiger partial charge in [0.05, 0.1) is 26.1 Å². The van der Waals surface area contributed by atoms with Crippen molar-refractivity contribution in [2.24, 2.45) is 59.2 Å². The van der Waals surface area contributed by atoms with Crippen molar-refractivity contribution in [2.45, 2.75) is 25.7 Å². The first-order valence-electron chi connectivity index (χ1n) is 8.83. The number of rotatable bonds is 2. The van der Waals surface area contributed by atoms with E-state index in [4.69, 9.17) is 9.47 Å². The maximum atomic E-state index is 12.3. The van der Waals surface area contributed by atoms with E-state index in [9.17, 15) is 9.59 Å². The summed E-state index contributed by atoms with van der Waals surface area (Å²) in [4.78, 5) is 24.5. The summed E-state index contributed by atoms with van der Waals surface area (Å²) in [5.41, 5.74) is 0. The summed E-state index contributed by atoms with van der Waals surface area (Å²) in [5, 5.41) is 0. The Morgan fingerprint density at radius 2 is 1.18 bits per heavy atom. The van der Waals surface area contributed by atoms with Gasteiger partial charge in [0.1, 0.15) is 0 Å². The Labute approximate surface area is 130 Å². The first kappa shape index (κ1) is 13.4. The molecular weight excluding hydrogens is 280 g/mol. The lowest BCUT2D eigenvalue weighted by Gasteiger charge is -2.55. The molecule has 5 aliphatic rings. The molecule has 0 aliphatic heterocycles. The molecule has 5 aliphatic carbocycles. The summed E-state index contributed by atoms with van der Waals surface area (Å²) in [6.07, 6.45) is 5.46. The SMILES string of the molecule is COC(=O)C1C(C(=O)OC)C2C1[C@@H]1C[C@H]2C2C1C1CC[C@@H]2C1. The van der Waals surface area contributed by atoms with Gasteiger partial charge in [-0.3, -0.25) is 9.59 Å². The van der Waals surface area contributed by atoms with E-state index in [0.717, 1.165) is 23.7 Å². The van der Waals surface area contributed by atoms with Crippen molar-refractivity contribution < 1.29 is 19.1 Å². The van der Waals surface area contributed by atoms with E-state index in [0.29, 0.717) is 23.7 Å². The molecule has 0 N–H and O–H groups in total. The van der Waals surface area contributed by atoms with Gasteiger partial charge in [0, 0.05) is 0 Å². The van der Waals surface area contributed by atoms with E-state index in [1.807, 2.05) is 0 Å². The highest BCUT2D eigenvalue weighted by atomic mass is 16.5. The van der Waals surface area contributed by atoms with Gasteiger partial charge in [-0.15, -0.1) is 0 Å². The predicted molar refractivity (Wildman–Crippen MR) is 77.4 cm³/mol. The molecule has 5 saturated carbocycles. The molecule has 0 aromatic rings. The Morgan fingerprint density at radius 3 is 1.59 bits per heavy atom. The minimum Gasteiger partial charge on any atom is -0.469 e. The topological polar surface area (TPSA) is 52.6 Å². The maximum Gasteiger partial charge on any atom is 0.309 e. The van der Waals surface area contributed by atoms with Gasteiger partial charge in [0.2, 0.25) is 0 Å². The molecule has 4 heteroatoms. The van der Waals surface area contributed by atoms with Crippen LogP contribution in [0.25, 0.3) is 0 Å². The van der Waals surface area contributed by atoms with Crippen LogP contribution in [0.1, 0.15) is 25.7 Å². The third-order valence-electron chi connectivity index (χ3n) is 8.18. The zero-order valence-corrected chi connectivity index (χ0v) is 13.2. The monoisotopic (exact) mass is 304 g/mol. The van der Waals surface area contributed by atoms with E-state index in [1.54, 1.807) is 0 Å². The predicted octanol–water partition coefficient (Wildman–Crippen LogP) is 2.12. The molecule has 120 valence electrons. The lowest BCUT2D eigenvalue weighted by Crippen LogP contribution is -2.60. The number of hydrogen-bond donors (Lipinski definition) is 0. The standard InChI is InChI=1S/C18H24O4/c1-21-17(19)15-13-9-6-10(14(13)16(15)18(20)22-2)12-8-4-3-7(5-8)11(9)12/h7-16H,3-6H2,1-2H3/t7-,8?,9+,10-,11?,12?,13?,14?,15?,16?/m1/s1. The van der Waals surface area contributed by atoms with Crippen molar-refractivity contribution in [1.29, 1.82) is 0 Å². The number of carbonyl (C=O) groups excluding carboxylic acids is 2. The lowest BCUT2D eigenvalue weighted by molar-refractivity contribution is -0.190. The van der Waals surface area contributed by atoms with Crippen LogP contribution >= 0.6 is 0 Å². The average Bonchev–Trinajstić information content (AvgIpc) is 3.23. The number of carbonyl (C=O) groups is 2. The summed E-state index contributed by atoms with van der Waals surface area (Å²) in [5.74, 6) is 4.75. The quantitative estimate of drug-likeness (QED) is 0.579. The van der Waals surface area contributed by atoms with Crippen LogP contribution in [0.2, 0.25) is 0 Å². The summed E-state index contributed by atoms with van der Waals surface area (Å²) < 4.78 is 10.0. The Balaban J connectivity index is 1.50. The molecule has 22 heavy (non-hydrogen) atoms. The number of hydrogen-bond acceptors (Lipinski definition) is 4. The van der Waals surface area contributed by atoms with Gasteiger partial charge in [-0.2, -0.15) is 0 Å². The normalized spacial score (nSPS) is 56.3. The molecule has 0 aromatic heterocycles. The molecular formula is C18H24O4. The first-order chi connectivity index (χ1) is 10.7. The van der Waals surface area contributed by atoms with Crippen LogP contribution in [0.3, 0.4) is 0 Å². The molecule has 4 nitrogen and oxygen atoms in total. The highest BCUT2D eigenvalue weighted by Crippen LogP contribution is 2.76. The van der Waals surface area contributed by atoms with Crippen molar-refractivity contribution >= 4 is 11.9 Å². The van der Waals surface area contributed by atoms with Crippen LogP contribution in [0.15, 0.2) is 0 Å². The van der Waals surface area contributed by atoms with Crippen molar-refractivity contribution in [3.63, 3.8) is 0 Å². The van der Waals surface area contributed by atoms with Crippen LogP contribution < -0.4 is 0 Å². The van der Waals surface area contributed by atoms with Gasteiger partial charge in [0.25, 0.3) is 0 Å². The minimum absolute atomic E-state index is 0.191. The zero-order chi connectivity index (χ0) is 15.2. The van der Waals surface area contributed by atoms with Crippen molar-refractivity contribution in [3.05, 3.63) is 0 Å². The molecule has 0 aromatic carbocycles. The van der Waals surface area contributed by atoms with Crippen LogP contribution in [0.5, 0.6) is 0 Å². The van der Waals surface area contributed by atoms with E-state index in [-0.39, 0.29) is 23.8 Å². The van der Waals surface area contributed by atoms with Gasteiger partial charge >= 0.3 is 11.9 Å². The Morgan fingerprint density at radius 1 is 0.727 bits per heavy atom. The van der Waals surface area contributed by atoms with E-state index >= 15 is 0 Å². The fourth-order valence-corrected chi connectivity index (χ4v) is 7.90. The van der Waals surface area contributed by atoms with Crippen LogP contribution in [0, 0.1) is 59.2 Å². The number of methoxy groups -OCH3 is 2. The van der Waals surface area contributed by atoms with Gasteiger partial charge in [-0.25, -0.2) is 0 Å². The van der Waals surface area contributed by atoms with Crippen molar-refractivity contribution in [2.75, 3.05) is 14.2 Å². The summed E-state index contributed by atoms with van der Waals surface area (Å²) in [6.45, 7) is 0. The summed E-state index contributed by atoms with van der Waals surface area (Å²) >= 11 is 0. The number of ether oxygens (including phenoxy) is 2. The smallest absolute Gasteiger partial charge is 0.309 e. The largest absolute Gasteiger partial charge is 0.469 e. The highest BCUT2D eigenvalue weighted by Gasteiger charge is 2.75. The third kappa shape index (κ3) is 1.32. The second-order valence-electron chi connectivity index (χ2n) is 8.30. The maximum absolute atomic E-state index is 12.3. The van der Waals surface area contributed by atoms with E-state index in [2.05, 4.69) is 0 Å². The van der Waals surface area contributed by atoms with Gasteiger partial charge in [0.15, 0.2) is 0 Å². The molecule has 0 radical (unpaired) electrons. The fourth-order valence-electron chi connectivity index (χ4n) is 7.90.